The standard InChI is InChI=1S/C13H15NO4S/c15-12(16)6-4-10-3-5-11(19-10)13(17)14-9-2-1-7-18-8-9/h3-6,9H,1-2,7-8H2,(H,14,17)(H,15,16). The van der Waals surface area contributed by atoms with Gasteiger partial charge in [0.05, 0.1) is 17.5 Å². The summed E-state index contributed by atoms with van der Waals surface area (Å²) >= 11 is 1.27. The highest BCUT2D eigenvalue weighted by atomic mass is 32.1. The van der Waals surface area contributed by atoms with E-state index in [0.29, 0.717) is 11.5 Å². The van der Waals surface area contributed by atoms with Crippen molar-refractivity contribution >= 4 is 29.3 Å². The number of rotatable bonds is 4. The van der Waals surface area contributed by atoms with Gasteiger partial charge in [0, 0.05) is 17.6 Å². The minimum atomic E-state index is -1.00. The fraction of sp³-hybridized carbons (Fsp3) is 0.385. The van der Waals surface area contributed by atoms with E-state index in [-0.39, 0.29) is 11.9 Å². The molecule has 1 aromatic heterocycles. The molecule has 2 N–H and O–H groups in total. The average molecular weight is 281 g/mol. The Kier molecular flexibility index (Phi) is 4.70. The van der Waals surface area contributed by atoms with Gasteiger partial charge in [-0.1, -0.05) is 0 Å². The van der Waals surface area contributed by atoms with Gasteiger partial charge in [-0.15, -0.1) is 11.3 Å². The van der Waals surface area contributed by atoms with E-state index in [9.17, 15) is 9.59 Å². The summed E-state index contributed by atoms with van der Waals surface area (Å²) in [5.74, 6) is -1.13. The van der Waals surface area contributed by atoms with E-state index >= 15 is 0 Å². The second kappa shape index (κ2) is 6.49. The number of carbonyl (C=O) groups excluding carboxylic acids is 1. The lowest BCUT2D eigenvalue weighted by Crippen LogP contribution is -2.40. The highest BCUT2D eigenvalue weighted by Gasteiger charge is 2.17. The number of carbonyl (C=O) groups is 2. The average Bonchev–Trinajstić information content (AvgIpc) is 2.86. The molecule has 1 saturated heterocycles. The van der Waals surface area contributed by atoms with Gasteiger partial charge >= 0.3 is 5.97 Å². The van der Waals surface area contributed by atoms with Crippen LogP contribution in [0.4, 0.5) is 0 Å². The number of amides is 1. The van der Waals surface area contributed by atoms with Gasteiger partial charge in [0.25, 0.3) is 5.91 Å². The lowest BCUT2D eigenvalue weighted by Gasteiger charge is -2.22. The summed E-state index contributed by atoms with van der Waals surface area (Å²) in [5, 5.41) is 11.5. The Morgan fingerprint density at radius 1 is 1.47 bits per heavy atom. The molecule has 1 amide bonds. The van der Waals surface area contributed by atoms with Gasteiger partial charge in [-0.3, -0.25) is 4.79 Å². The summed E-state index contributed by atoms with van der Waals surface area (Å²) in [4.78, 5) is 23.7. The Balaban J connectivity index is 1.93. The van der Waals surface area contributed by atoms with E-state index in [4.69, 9.17) is 9.84 Å². The smallest absolute Gasteiger partial charge is 0.328 e. The third kappa shape index (κ3) is 4.18. The Hall–Kier alpha value is -1.66. The molecule has 0 aromatic carbocycles. The van der Waals surface area contributed by atoms with Crippen molar-refractivity contribution < 1.29 is 19.4 Å². The molecule has 0 bridgehead atoms. The maximum absolute atomic E-state index is 12.0. The first kappa shape index (κ1) is 13.8. The minimum absolute atomic E-state index is 0.0707. The Morgan fingerprint density at radius 3 is 3.00 bits per heavy atom. The summed E-state index contributed by atoms with van der Waals surface area (Å²) in [7, 11) is 0. The molecule has 1 aliphatic rings. The van der Waals surface area contributed by atoms with Crippen molar-refractivity contribution in [2.75, 3.05) is 13.2 Å². The van der Waals surface area contributed by atoms with Gasteiger partial charge in [0.15, 0.2) is 0 Å². The lowest BCUT2D eigenvalue weighted by molar-refractivity contribution is -0.131. The van der Waals surface area contributed by atoms with Crippen molar-refractivity contribution in [3.05, 3.63) is 28.0 Å². The highest BCUT2D eigenvalue weighted by Crippen LogP contribution is 2.18. The van der Waals surface area contributed by atoms with Crippen molar-refractivity contribution in [3.63, 3.8) is 0 Å². The van der Waals surface area contributed by atoms with Crippen LogP contribution >= 0.6 is 11.3 Å². The Bertz CT molecular complexity index is 489. The van der Waals surface area contributed by atoms with Crippen molar-refractivity contribution in [3.8, 4) is 0 Å². The zero-order valence-corrected chi connectivity index (χ0v) is 11.1. The van der Waals surface area contributed by atoms with Crippen LogP contribution in [0.2, 0.25) is 0 Å². The molecule has 2 rings (SSSR count). The van der Waals surface area contributed by atoms with E-state index in [1.54, 1.807) is 12.1 Å². The van der Waals surface area contributed by atoms with Crippen LogP contribution in [0.25, 0.3) is 6.08 Å². The van der Waals surface area contributed by atoms with Crippen molar-refractivity contribution in [1.29, 1.82) is 0 Å². The third-order valence-electron chi connectivity index (χ3n) is 2.74. The van der Waals surface area contributed by atoms with E-state index in [1.807, 2.05) is 0 Å². The van der Waals surface area contributed by atoms with Gasteiger partial charge in [-0.05, 0) is 31.1 Å². The van der Waals surface area contributed by atoms with E-state index in [0.717, 1.165) is 30.4 Å². The maximum atomic E-state index is 12.0. The highest BCUT2D eigenvalue weighted by molar-refractivity contribution is 7.14. The molecule has 0 radical (unpaired) electrons. The molecule has 0 aliphatic carbocycles. The van der Waals surface area contributed by atoms with Crippen LogP contribution < -0.4 is 5.32 Å². The molecule has 6 heteroatoms. The van der Waals surface area contributed by atoms with Crippen molar-refractivity contribution in [2.45, 2.75) is 18.9 Å². The number of carboxylic acids is 1. The molecule has 102 valence electrons. The number of nitrogens with one attached hydrogen (secondary N) is 1. The van der Waals surface area contributed by atoms with Gasteiger partial charge < -0.3 is 15.2 Å². The van der Waals surface area contributed by atoms with Crippen LogP contribution in [0.1, 0.15) is 27.4 Å². The molecule has 1 unspecified atom stereocenters. The quantitative estimate of drug-likeness (QED) is 0.824. The maximum Gasteiger partial charge on any atom is 0.328 e. The number of hydrogen-bond donors (Lipinski definition) is 2. The molecule has 0 saturated carbocycles. The first-order chi connectivity index (χ1) is 9.15. The third-order valence-corrected chi connectivity index (χ3v) is 3.79. The molecule has 1 atom stereocenters. The zero-order chi connectivity index (χ0) is 13.7. The Labute approximate surface area is 114 Å². The van der Waals surface area contributed by atoms with Crippen molar-refractivity contribution in [2.24, 2.45) is 0 Å². The summed E-state index contributed by atoms with van der Waals surface area (Å²) in [6, 6.07) is 3.50. The van der Waals surface area contributed by atoms with Crippen LogP contribution in [0.3, 0.4) is 0 Å². The van der Waals surface area contributed by atoms with Gasteiger partial charge in [-0.2, -0.15) is 0 Å². The summed E-state index contributed by atoms with van der Waals surface area (Å²) < 4.78 is 5.30. The molecular formula is C13H15NO4S. The fourth-order valence-electron chi connectivity index (χ4n) is 1.83. The number of carboxylic acid groups (broad SMARTS) is 1. The Morgan fingerprint density at radius 2 is 2.32 bits per heavy atom. The van der Waals surface area contributed by atoms with Gasteiger partial charge in [0.1, 0.15) is 0 Å². The predicted octanol–water partition coefficient (Wildman–Crippen LogP) is 1.75. The number of aliphatic carboxylic acids is 1. The summed E-state index contributed by atoms with van der Waals surface area (Å²) in [5.41, 5.74) is 0. The molecule has 5 nitrogen and oxygen atoms in total. The lowest BCUT2D eigenvalue weighted by atomic mass is 10.1. The molecule has 19 heavy (non-hydrogen) atoms. The first-order valence-corrected chi connectivity index (χ1v) is 6.86. The number of hydrogen-bond acceptors (Lipinski definition) is 4. The first-order valence-electron chi connectivity index (χ1n) is 6.04. The molecule has 0 spiro atoms. The van der Waals surface area contributed by atoms with E-state index in [2.05, 4.69) is 5.32 Å². The van der Waals surface area contributed by atoms with Crippen LogP contribution in [0.15, 0.2) is 18.2 Å². The number of ether oxygens (including phenoxy) is 1. The van der Waals surface area contributed by atoms with Crippen LogP contribution in [0.5, 0.6) is 0 Å². The second-order valence-electron chi connectivity index (χ2n) is 4.26. The molecular weight excluding hydrogens is 266 g/mol. The topological polar surface area (TPSA) is 75.6 Å². The van der Waals surface area contributed by atoms with Crippen LogP contribution in [0, 0.1) is 0 Å². The minimum Gasteiger partial charge on any atom is -0.478 e. The monoisotopic (exact) mass is 281 g/mol. The number of thiophene rings is 1. The van der Waals surface area contributed by atoms with Crippen LogP contribution in [-0.2, 0) is 9.53 Å². The molecule has 2 heterocycles. The SMILES string of the molecule is O=C(O)C=Cc1ccc(C(=O)NC2CCCOC2)s1. The summed E-state index contributed by atoms with van der Waals surface area (Å²) in [6.45, 7) is 1.32. The largest absolute Gasteiger partial charge is 0.478 e. The van der Waals surface area contributed by atoms with Gasteiger partial charge in [-0.25, -0.2) is 4.79 Å². The van der Waals surface area contributed by atoms with E-state index < -0.39 is 5.97 Å². The molecule has 1 aromatic rings. The molecule has 1 aliphatic heterocycles. The molecule has 1 fully saturated rings. The normalized spacial score (nSPS) is 19.5. The van der Waals surface area contributed by atoms with Gasteiger partial charge in [0.2, 0.25) is 0 Å². The van der Waals surface area contributed by atoms with Crippen molar-refractivity contribution in [1.82, 2.24) is 5.32 Å². The van der Waals surface area contributed by atoms with E-state index in [1.165, 1.54) is 17.4 Å². The predicted molar refractivity (Wildman–Crippen MR) is 72.3 cm³/mol. The van der Waals surface area contributed by atoms with Crippen LogP contribution in [-0.4, -0.2) is 36.2 Å². The second-order valence-corrected chi connectivity index (χ2v) is 5.38. The fourth-order valence-corrected chi connectivity index (χ4v) is 2.64. The summed E-state index contributed by atoms with van der Waals surface area (Å²) in [6.07, 6.45) is 4.43. The zero-order valence-electron chi connectivity index (χ0n) is 10.3.